The smallest absolute Gasteiger partial charge is 0.265 e. The van der Waals surface area contributed by atoms with Gasteiger partial charge in [0.25, 0.3) is 5.91 Å². The molecule has 0 aliphatic carbocycles. The molecule has 0 bridgehead atoms. The van der Waals surface area contributed by atoms with Gasteiger partial charge in [-0.2, -0.15) is 11.3 Å². The van der Waals surface area contributed by atoms with Gasteiger partial charge in [-0.1, -0.05) is 0 Å². The van der Waals surface area contributed by atoms with Crippen LogP contribution in [0.1, 0.15) is 45.6 Å². The average molecular weight is 385 g/mol. The summed E-state index contributed by atoms with van der Waals surface area (Å²) in [5, 5.41) is 4.18. The number of carbonyl (C=O) groups excluding carboxylic acids is 1. The highest BCUT2D eigenvalue weighted by Gasteiger charge is 2.28. The molecule has 0 spiro atoms. The summed E-state index contributed by atoms with van der Waals surface area (Å²) in [6, 6.07) is 4.13. The van der Waals surface area contributed by atoms with E-state index in [-0.39, 0.29) is 5.91 Å². The number of hydrogen-bond donors (Lipinski definition) is 0. The van der Waals surface area contributed by atoms with E-state index in [1.54, 1.807) is 16.8 Å². The Kier molecular flexibility index (Phi) is 4.82. The molecule has 3 aromatic heterocycles. The molecule has 1 fully saturated rings. The Morgan fingerprint density at radius 1 is 1.23 bits per heavy atom. The van der Waals surface area contributed by atoms with E-state index in [1.807, 2.05) is 24.8 Å². The lowest BCUT2D eigenvalue weighted by Gasteiger charge is -2.31. The summed E-state index contributed by atoms with van der Waals surface area (Å²) in [7, 11) is 0. The second kappa shape index (κ2) is 7.25. The molecule has 1 amide bonds. The van der Waals surface area contributed by atoms with Crippen molar-refractivity contribution in [1.82, 2.24) is 19.9 Å². The third-order valence-corrected chi connectivity index (χ3v) is 6.38. The predicted octanol–water partition coefficient (Wildman–Crippen LogP) is 4.30. The van der Waals surface area contributed by atoms with E-state index in [0.717, 1.165) is 59.3 Å². The zero-order chi connectivity index (χ0) is 18.1. The van der Waals surface area contributed by atoms with Gasteiger partial charge >= 0.3 is 0 Å². The number of nitrogens with zero attached hydrogens (tertiary/aromatic N) is 4. The molecule has 0 atom stereocenters. The number of aryl methyl sites for hydroxylation is 2. The Morgan fingerprint density at radius 2 is 2.04 bits per heavy atom. The van der Waals surface area contributed by atoms with Crippen molar-refractivity contribution in [2.75, 3.05) is 13.1 Å². The van der Waals surface area contributed by atoms with E-state index in [2.05, 4.69) is 26.8 Å². The topological polar surface area (TPSA) is 59.0 Å². The normalized spacial score (nSPS) is 15.4. The Hall–Kier alpha value is -2.12. The quantitative estimate of drug-likeness (QED) is 0.676. The Labute approximate surface area is 160 Å². The Bertz CT molecular complexity index is 912. The second-order valence-electron chi connectivity index (χ2n) is 6.60. The fraction of sp³-hybridized carbons (Fsp3) is 0.368. The molecule has 0 radical (unpaired) electrons. The van der Waals surface area contributed by atoms with Crippen molar-refractivity contribution in [2.45, 2.75) is 32.6 Å². The molecular weight excluding hydrogens is 364 g/mol. The number of thiazole rings is 1. The van der Waals surface area contributed by atoms with Gasteiger partial charge in [0.1, 0.15) is 10.7 Å². The van der Waals surface area contributed by atoms with Crippen LogP contribution < -0.4 is 0 Å². The maximum atomic E-state index is 12.7. The van der Waals surface area contributed by atoms with Crippen LogP contribution in [0.2, 0.25) is 0 Å². The Morgan fingerprint density at radius 3 is 2.69 bits per heavy atom. The number of hydrogen-bond acceptors (Lipinski definition) is 6. The van der Waals surface area contributed by atoms with Crippen LogP contribution in [0.25, 0.3) is 11.3 Å². The van der Waals surface area contributed by atoms with Crippen LogP contribution in [0.3, 0.4) is 0 Å². The molecule has 1 aliphatic rings. The summed E-state index contributed by atoms with van der Waals surface area (Å²) in [6.07, 6.45) is 1.80. The first kappa shape index (κ1) is 17.3. The molecule has 0 saturated carbocycles. The lowest BCUT2D eigenvalue weighted by Crippen LogP contribution is -2.38. The van der Waals surface area contributed by atoms with Crippen molar-refractivity contribution in [2.24, 2.45) is 0 Å². The number of rotatable bonds is 3. The van der Waals surface area contributed by atoms with Crippen molar-refractivity contribution >= 4 is 28.6 Å². The summed E-state index contributed by atoms with van der Waals surface area (Å²) in [5.41, 5.74) is 5.70. The van der Waals surface area contributed by atoms with Gasteiger partial charge < -0.3 is 4.90 Å². The van der Waals surface area contributed by atoms with E-state index in [4.69, 9.17) is 4.98 Å². The molecular formula is C19H20N4OS2. The lowest BCUT2D eigenvalue weighted by atomic mass is 9.95. The van der Waals surface area contributed by atoms with Gasteiger partial charge in [0.15, 0.2) is 0 Å². The van der Waals surface area contributed by atoms with E-state index in [0.29, 0.717) is 5.92 Å². The molecule has 1 saturated heterocycles. The number of thiophene rings is 1. The number of carbonyl (C=O) groups is 1. The zero-order valence-corrected chi connectivity index (χ0v) is 16.4. The molecule has 0 N–H and O–H groups in total. The molecule has 26 heavy (non-hydrogen) atoms. The van der Waals surface area contributed by atoms with Gasteiger partial charge in [0.05, 0.1) is 16.9 Å². The second-order valence-corrected chi connectivity index (χ2v) is 8.23. The third kappa shape index (κ3) is 3.41. The minimum absolute atomic E-state index is 0.104. The fourth-order valence-electron chi connectivity index (χ4n) is 3.32. The van der Waals surface area contributed by atoms with Crippen LogP contribution >= 0.6 is 22.7 Å². The van der Waals surface area contributed by atoms with Gasteiger partial charge in [0.2, 0.25) is 0 Å². The van der Waals surface area contributed by atoms with Gasteiger partial charge in [0, 0.05) is 35.6 Å². The Balaban J connectivity index is 1.48. The van der Waals surface area contributed by atoms with Gasteiger partial charge in [-0.05, 0) is 44.2 Å². The number of amides is 1. The van der Waals surface area contributed by atoms with Crippen molar-refractivity contribution < 1.29 is 4.79 Å². The molecule has 1 aliphatic heterocycles. The monoisotopic (exact) mass is 384 g/mol. The summed E-state index contributed by atoms with van der Waals surface area (Å²) in [5.74, 6) is 1.32. The molecule has 7 heteroatoms. The summed E-state index contributed by atoms with van der Waals surface area (Å²) in [4.78, 5) is 29.0. The van der Waals surface area contributed by atoms with E-state index < -0.39 is 0 Å². The van der Waals surface area contributed by atoms with Crippen molar-refractivity contribution in [3.05, 3.63) is 50.5 Å². The summed E-state index contributed by atoms with van der Waals surface area (Å²) in [6.45, 7) is 5.40. The van der Waals surface area contributed by atoms with Gasteiger partial charge in [-0.25, -0.2) is 15.0 Å². The number of piperidine rings is 1. The van der Waals surface area contributed by atoms with E-state index in [9.17, 15) is 4.79 Å². The highest BCUT2D eigenvalue weighted by atomic mass is 32.1. The molecule has 0 unspecified atom stereocenters. The average Bonchev–Trinajstić information content (AvgIpc) is 3.32. The first-order valence-corrected chi connectivity index (χ1v) is 10.5. The largest absolute Gasteiger partial charge is 0.338 e. The van der Waals surface area contributed by atoms with Crippen molar-refractivity contribution in [1.29, 1.82) is 0 Å². The van der Waals surface area contributed by atoms with E-state index in [1.165, 1.54) is 11.3 Å². The van der Waals surface area contributed by atoms with Crippen LogP contribution in [-0.4, -0.2) is 38.8 Å². The summed E-state index contributed by atoms with van der Waals surface area (Å²) < 4.78 is 0. The van der Waals surface area contributed by atoms with Gasteiger partial charge in [-0.3, -0.25) is 4.79 Å². The summed E-state index contributed by atoms with van der Waals surface area (Å²) >= 11 is 3.10. The first-order chi connectivity index (χ1) is 12.6. The molecule has 3 aromatic rings. The third-order valence-electron chi connectivity index (χ3n) is 4.78. The van der Waals surface area contributed by atoms with Crippen LogP contribution in [0.5, 0.6) is 0 Å². The molecule has 0 aromatic carbocycles. The zero-order valence-electron chi connectivity index (χ0n) is 14.8. The molecule has 134 valence electrons. The standard InChI is InChI=1S/C19H20N4OS2/c1-12-9-16(15-5-8-25-10-15)22-18(21-12)14-3-6-23(7-4-14)19(24)17-13(2)20-11-26-17/h5,8-11,14H,3-4,6-7H2,1-2H3. The fourth-order valence-corrected chi connectivity index (χ4v) is 4.74. The van der Waals surface area contributed by atoms with Crippen LogP contribution in [0.15, 0.2) is 28.4 Å². The van der Waals surface area contributed by atoms with Crippen LogP contribution in [0, 0.1) is 13.8 Å². The molecule has 4 rings (SSSR count). The maximum Gasteiger partial charge on any atom is 0.265 e. The highest BCUT2D eigenvalue weighted by Crippen LogP contribution is 2.29. The van der Waals surface area contributed by atoms with Gasteiger partial charge in [-0.15, -0.1) is 11.3 Å². The van der Waals surface area contributed by atoms with Crippen LogP contribution in [-0.2, 0) is 0 Å². The van der Waals surface area contributed by atoms with Crippen molar-refractivity contribution in [3.63, 3.8) is 0 Å². The van der Waals surface area contributed by atoms with E-state index >= 15 is 0 Å². The minimum Gasteiger partial charge on any atom is -0.338 e. The first-order valence-electron chi connectivity index (χ1n) is 8.69. The maximum absolute atomic E-state index is 12.7. The molecule has 4 heterocycles. The number of likely N-dealkylation sites (tertiary alicyclic amines) is 1. The molecule has 5 nitrogen and oxygen atoms in total. The SMILES string of the molecule is Cc1cc(-c2ccsc2)nc(C2CCN(C(=O)c3scnc3C)CC2)n1. The minimum atomic E-state index is 0.104. The lowest BCUT2D eigenvalue weighted by molar-refractivity contribution is 0.0715. The van der Waals surface area contributed by atoms with Crippen molar-refractivity contribution in [3.8, 4) is 11.3 Å². The predicted molar refractivity (Wildman–Crippen MR) is 105 cm³/mol. The van der Waals surface area contributed by atoms with Crippen LogP contribution in [0.4, 0.5) is 0 Å². The number of aromatic nitrogens is 3. The highest BCUT2D eigenvalue weighted by molar-refractivity contribution is 7.11.